The first-order chi connectivity index (χ1) is 9.63. The lowest BCUT2D eigenvalue weighted by atomic mass is 9.98. The molecule has 0 amide bonds. The predicted molar refractivity (Wildman–Crippen MR) is 84.5 cm³/mol. The molecule has 2 nitrogen and oxygen atoms in total. The van der Waals surface area contributed by atoms with Crippen molar-refractivity contribution in [2.75, 3.05) is 11.9 Å². The van der Waals surface area contributed by atoms with Crippen LogP contribution in [-0.2, 0) is 0 Å². The first-order valence-electron chi connectivity index (χ1n) is 7.27. The third kappa shape index (κ3) is 2.51. The molecular weight excluding hydrogens is 246 g/mol. The van der Waals surface area contributed by atoms with Crippen LogP contribution in [0, 0.1) is 0 Å². The first-order valence-corrected chi connectivity index (χ1v) is 7.27. The van der Waals surface area contributed by atoms with Gasteiger partial charge in [0.2, 0.25) is 0 Å². The molecule has 1 heterocycles. The molecule has 1 unspecified atom stereocenters. The van der Waals surface area contributed by atoms with Crippen LogP contribution < -0.4 is 10.1 Å². The molecule has 0 radical (unpaired) electrons. The summed E-state index contributed by atoms with van der Waals surface area (Å²) >= 11 is 0. The molecule has 1 atom stereocenters. The molecule has 2 aromatic rings. The normalized spacial score (nSPS) is 17.3. The SMILES string of the molecule is CC1COc2ccc(-c3ccc(C(C)C)cc3)cc2N1. The Morgan fingerprint density at radius 2 is 1.75 bits per heavy atom. The third-order valence-electron chi connectivity index (χ3n) is 3.78. The summed E-state index contributed by atoms with van der Waals surface area (Å²) in [5.41, 5.74) is 4.94. The fourth-order valence-electron chi connectivity index (χ4n) is 2.53. The topological polar surface area (TPSA) is 21.3 Å². The van der Waals surface area contributed by atoms with Crippen molar-refractivity contribution >= 4 is 5.69 Å². The van der Waals surface area contributed by atoms with Crippen molar-refractivity contribution in [1.82, 2.24) is 0 Å². The van der Waals surface area contributed by atoms with E-state index >= 15 is 0 Å². The number of ether oxygens (including phenoxy) is 1. The van der Waals surface area contributed by atoms with Crippen molar-refractivity contribution in [2.24, 2.45) is 0 Å². The Balaban J connectivity index is 1.92. The summed E-state index contributed by atoms with van der Waals surface area (Å²) in [6, 6.07) is 15.5. The fraction of sp³-hybridized carbons (Fsp3) is 0.333. The Bertz CT molecular complexity index is 601. The van der Waals surface area contributed by atoms with Crippen LogP contribution in [0.4, 0.5) is 5.69 Å². The van der Waals surface area contributed by atoms with Gasteiger partial charge >= 0.3 is 0 Å². The monoisotopic (exact) mass is 267 g/mol. The predicted octanol–water partition coefficient (Wildman–Crippen LogP) is 4.67. The maximum Gasteiger partial charge on any atom is 0.142 e. The maximum atomic E-state index is 5.71. The summed E-state index contributed by atoms with van der Waals surface area (Å²) in [5.74, 6) is 1.52. The quantitative estimate of drug-likeness (QED) is 0.853. The molecule has 2 aromatic carbocycles. The summed E-state index contributed by atoms with van der Waals surface area (Å²) in [4.78, 5) is 0. The Kier molecular flexibility index (Phi) is 3.39. The van der Waals surface area contributed by atoms with E-state index in [1.165, 1.54) is 16.7 Å². The first kappa shape index (κ1) is 13.0. The molecule has 3 rings (SSSR count). The van der Waals surface area contributed by atoms with Gasteiger partial charge in [0.15, 0.2) is 0 Å². The zero-order valence-corrected chi connectivity index (χ0v) is 12.3. The van der Waals surface area contributed by atoms with E-state index in [4.69, 9.17) is 4.74 Å². The lowest BCUT2D eigenvalue weighted by Crippen LogP contribution is -2.28. The minimum Gasteiger partial charge on any atom is -0.489 e. The zero-order chi connectivity index (χ0) is 14.1. The van der Waals surface area contributed by atoms with Crippen molar-refractivity contribution in [1.29, 1.82) is 0 Å². The van der Waals surface area contributed by atoms with Gasteiger partial charge in [-0.1, -0.05) is 44.2 Å². The molecule has 0 bridgehead atoms. The van der Waals surface area contributed by atoms with Gasteiger partial charge in [-0.2, -0.15) is 0 Å². The number of anilines is 1. The Hall–Kier alpha value is -1.96. The van der Waals surface area contributed by atoms with Crippen LogP contribution in [0.5, 0.6) is 5.75 Å². The van der Waals surface area contributed by atoms with Crippen molar-refractivity contribution in [2.45, 2.75) is 32.7 Å². The van der Waals surface area contributed by atoms with E-state index in [0.717, 1.165) is 18.0 Å². The molecule has 104 valence electrons. The zero-order valence-electron chi connectivity index (χ0n) is 12.3. The van der Waals surface area contributed by atoms with Crippen LogP contribution >= 0.6 is 0 Å². The second kappa shape index (κ2) is 5.20. The highest BCUT2D eigenvalue weighted by Crippen LogP contribution is 2.33. The lowest BCUT2D eigenvalue weighted by Gasteiger charge is -2.25. The number of hydrogen-bond acceptors (Lipinski definition) is 2. The van der Waals surface area contributed by atoms with E-state index in [-0.39, 0.29) is 0 Å². The van der Waals surface area contributed by atoms with Crippen molar-refractivity contribution < 1.29 is 4.74 Å². The molecule has 0 aromatic heterocycles. The van der Waals surface area contributed by atoms with E-state index in [1.807, 2.05) is 0 Å². The number of hydrogen-bond donors (Lipinski definition) is 1. The third-order valence-corrected chi connectivity index (χ3v) is 3.78. The molecule has 0 saturated heterocycles. The molecule has 0 fully saturated rings. The molecule has 0 spiro atoms. The minimum atomic E-state index is 0.362. The van der Waals surface area contributed by atoms with Gasteiger partial charge in [0.05, 0.1) is 11.7 Å². The van der Waals surface area contributed by atoms with Gasteiger partial charge in [-0.25, -0.2) is 0 Å². The molecule has 20 heavy (non-hydrogen) atoms. The van der Waals surface area contributed by atoms with E-state index in [2.05, 4.69) is 68.6 Å². The van der Waals surface area contributed by atoms with Gasteiger partial charge < -0.3 is 10.1 Å². The van der Waals surface area contributed by atoms with Crippen LogP contribution in [0.25, 0.3) is 11.1 Å². The van der Waals surface area contributed by atoms with Gasteiger partial charge in [-0.15, -0.1) is 0 Å². The lowest BCUT2D eigenvalue weighted by molar-refractivity contribution is 0.292. The smallest absolute Gasteiger partial charge is 0.142 e. The van der Waals surface area contributed by atoms with Crippen molar-refractivity contribution in [3.63, 3.8) is 0 Å². The fourth-order valence-corrected chi connectivity index (χ4v) is 2.53. The number of fused-ring (bicyclic) bond motifs is 1. The van der Waals surface area contributed by atoms with Crippen LogP contribution in [0.2, 0.25) is 0 Å². The molecule has 0 aliphatic carbocycles. The number of benzene rings is 2. The summed E-state index contributed by atoms with van der Waals surface area (Å²) in [5, 5.41) is 3.47. The summed E-state index contributed by atoms with van der Waals surface area (Å²) in [6.45, 7) is 7.30. The highest BCUT2D eigenvalue weighted by atomic mass is 16.5. The second-order valence-corrected chi connectivity index (χ2v) is 5.84. The van der Waals surface area contributed by atoms with Crippen LogP contribution in [-0.4, -0.2) is 12.6 Å². The Morgan fingerprint density at radius 3 is 2.45 bits per heavy atom. The average Bonchev–Trinajstić information content (AvgIpc) is 2.46. The molecule has 2 heteroatoms. The van der Waals surface area contributed by atoms with Gasteiger partial charge in [-0.05, 0) is 41.7 Å². The van der Waals surface area contributed by atoms with Crippen molar-refractivity contribution in [3.05, 3.63) is 48.0 Å². The number of rotatable bonds is 2. The van der Waals surface area contributed by atoms with E-state index in [0.29, 0.717) is 12.0 Å². The highest BCUT2D eigenvalue weighted by Gasteiger charge is 2.15. The van der Waals surface area contributed by atoms with Gasteiger partial charge in [0.25, 0.3) is 0 Å². The van der Waals surface area contributed by atoms with Crippen LogP contribution in [0.15, 0.2) is 42.5 Å². The van der Waals surface area contributed by atoms with Gasteiger partial charge in [0, 0.05) is 0 Å². The molecular formula is C18H21NO. The largest absolute Gasteiger partial charge is 0.489 e. The van der Waals surface area contributed by atoms with E-state index < -0.39 is 0 Å². The molecule has 0 saturated carbocycles. The molecule has 1 aliphatic heterocycles. The van der Waals surface area contributed by atoms with Crippen LogP contribution in [0.1, 0.15) is 32.3 Å². The number of nitrogens with one attached hydrogen (secondary N) is 1. The standard InChI is InChI=1S/C18H21NO/c1-12(2)14-4-6-15(7-5-14)16-8-9-18-17(10-16)19-13(3)11-20-18/h4-10,12-13,19H,11H2,1-3H3. The van der Waals surface area contributed by atoms with Crippen LogP contribution in [0.3, 0.4) is 0 Å². The second-order valence-electron chi connectivity index (χ2n) is 5.84. The van der Waals surface area contributed by atoms with E-state index in [1.54, 1.807) is 0 Å². The summed E-state index contributed by atoms with van der Waals surface area (Å²) < 4.78 is 5.71. The minimum absolute atomic E-state index is 0.362. The molecule has 1 aliphatic rings. The maximum absolute atomic E-state index is 5.71. The average molecular weight is 267 g/mol. The van der Waals surface area contributed by atoms with Gasteiger partial charge in [0.1, 0.15) is 12.4 Å². The van der Waals surface area contributed by atoms with Crippen molar-refractivity contribution in [3.8, 4) is 16.9 Å². The van der Waals surface area contributed by atoms with Gasteiger partial charge in [-0.3, -0.25) is 0 Å². The highest BCUT2D eigenvalue weighted by molar-refractivity contribution is 5.72. The molecule has 1 N–H and O–H groups in total. The Labute approximate surface area is 120 Å². The Morgan fingerprint density at radius 1 is 1.05 bits per heavy atom. The van der Waals surface area contributed by atoms with E-state index in [9.17, 15) is 0 Å². The summed E-state index contributed by atoms with van der Waals surface area (Å²) in [7, 11) is 0. The summed E-state index contributed by atoms with van der Waals surface area (Å²) in [6.07, 6.45) is 0.